The first-order valence-corrected chi connectivity index (χ1v) is 10.3. The Hall–Kier alpha value is -2.12. The van der Waals surface area contributed by atoms with E-state index in [1.54, 1.807) is 0 Å². The Morgan fingerprint density at radius 3 is 2.64 bits per heavy atom. The Labute approximate surface area is 166 Å². The van der Waals surface area contributed by atoms with E-state index in [0.717, 1.165) is 50.8 Å². The smallest absolute Gasteiger partial charge is 0.407 e. The molecule has 1 saturated heterocycles. The topological polar surface area (TPSA) is 88.7 Å². The van der Waals surface area contributed by atoms with Crippen molar-refractivity contribution in [3.8, 4) is 0 Å². The molecule has 1 aromatic carbocycles. The fraction of sp³-hybridized carbons (Fsp3) is 0.619. The van der Waals surface area contributed by atoms with Crippen molar-refractivity contribution < 1.29 is 19.1 Å². The third kappa shape index (κ3) is 6.80. The van der Waals surface area contributed by atoms with Crippen molar-refractivity contribution in [3.05, 3.63) is 35.9 Å². The van der Waals surface area contributed by atoms with Crippen LogP contribution in [0.5, 0.6) is 0 Å². The summed E-state index contributed by atoms with van der Waals surface area (Å²) in [6.45, 7) is 3.30. The van der Waals surface area contributed by atoms with Gasteiger partial charge in [0, 0.05) is 31.1 Å². The van der Waals surface area contributed by atoms with Gasteiger partial charge in [-0.05, 0) is 37.7 Å². The normalized spacial score (nSPS) is 24.9. The molecule has 1 saturated carbocycles. The first-order chi connectivity index (χ1) is 13.7. The Bertz CT molecular complexity index is 611. The highest BCUT2D eigenvalue weighted by molar-refractivity contribution is 5.78. The van der Waals surface area contributed by atoms with Crippen LogP contribution in [0.15, 0.2) is 30.3 Å². The maximum Gasteiger partial charge on any atom is 0.407 e. The number of nitrogens with one attached hydrogen (secondary N) is 3. The van der Waals surface area contributed by atoms with E-state index in [9.17, 15) is 9.59 Å². The minimum atomic E-state index is -0.390. The van der Waals surface area contributed by atoms with Gasteiger partial charge in [-0.2, -0.15) is 0 Å². The number of carbonyl (C=O) groups excluding carboxylic acids is 2. The summed E-state index contributed by atoms with van der Waals surface area (Å²) < 4.78 is 10.7. The van der Waals surface area contributed by atoms with Gasteiger partial charge in [-0.1, -0.05) is 30.3 Å². The maximum atomic E-state index is 12.4. The standard InChI is InChI=1S/C21H31N3O4/c25-20(23-11-10-19-15-27-13-12-22-19)17-6-8-18(9-7-17)24-21(26)28-14-16-4-2-1-3-5-16/h1-5,17-19,22H,6-15H2,(H,23,25)(H,24,26). The summed E-state index contributed by atoms with van der Waals surface area (Å²) in [7, 11) is 0. The summed E-state index contributed by atoms with van der Waals surface area (Å²) in [6, 6.07) is 10.0. The summed E-state index contributed by atoms with van der Waals surface area (Å²) in [6.07, 6.45) is 3.68. The van der Waals surface area contributed by atoms with E-state index in [1.807, 2.05) is 30.3 Å². The number of morpholine rings is 1. The fourth-order valence-corrected chi connectivity index (χ4v) is 3.75. The zero-order valence-electron chi connectivity index (χ0n) is 16.3. The predicted octanol–water partition coefficient (Wildman–Crippen LogP) is 1.97. The molecule has 3 rings (SSSR count). The third-order valence-corrected chi connectivity index (χ3v) is 5.42. The van der Waals surface area contributed by atoms with Crippen LogP contribution < -0.4 is 16.0 Å². The van der Waals surface area contributed by atoms with Crippen molar-refractivity contribution in [3.63, 3.8) is 0 Å². The molecule has 3 N–H and O–H groups in total. The van der Waals surface area contributed by atoms with Crippen LogP contribution in [0.4, 0.5) is 4.79 Å². The van der Waals surface area contributed by atoms with Crippen LogP contribution in [0.3, 0.4) is 0 Å². The summed E-state index contributed by atoms with van der Waals surface area (Å²) >= 11 is 0. The lowest BCUT2D eigenvalue weighted by Gasteiger charge is -2.28. The quantitative estimate of drug-likeness (QED) is 0.664. The number of carbonyl (C=O) groups is 2. The summed E-state index contributed by atoms with van der Waals surface area (Å²) in [4.78, 5) is 24.3. The van der Waals surface area contributed by atoms with Crippen molar-refractivity contribution in [2.45, 2.75) is 50.8 Å². The Balaban J connectivity index is 1.28. The molecular formula is C21H31N3O4. The molecule has 1 heterocycles. The summed E-state index contributed by atoms with van der Waals surface area (Å²) in [5, 5.41) is 9.36. The Kier molecular flexibility index (Phi) is 8.11. The van der Waals surface area contributed by atoms with E-state index in [0.29, 0.717) is 19.2 Å². The van der Waals surface area contributed by atoms with Crippen molar-refractivity contribution in [2.75, 3.05) is 26.3 Å². The predicted molar refractivity (Wildman–Crippen MR) is 106 cm³/mol. The van der Waals surface area contributed by atoms with Gasteiger partial charge in [0.1, 0.15) is 6.61 Å². The highest BCUT2D eigenvalue weighted by Crippen LogP contribution is 2.24. The molecule has 0 radical (unpaired) electrons. The molecular weight excluding hydrogens is 358 g/mol. The van der Waals surface area contributed by atoms with Crippen molar-refractivity contribution >= 4 is 12.0 Å². The van der Waals surface area contributed by atoms with Crippen molar-refractivity contribution in [1.82, 2.24) is 16.0 Å². The lowest BCUT2D eigenvalue weighted by atomic mass is 9.85. The fourth-order valence-electron chi connectivity index (χ4n) is 3.75. The number of hydrogen-bond acceptors (Lipinski definition) is 5. The molecule has 2 fully saturated rings. The second kappa shape index (κ2) is 11.0. The second-order valence-corrected chi connectivity index (χ2v) is 7.56. The van der Waals surface area contributed by atoms with E-state index in [-0.39, 0.29) is 30.6 Å². The van der Waals surface area contributed by atoms with Gasteiger partial charge in [-0.25, -0.2) is 4.79 Å². The van der Waals surface area contributed by atoms with Crippen LogP contribution >= 0.6 is 0 Å². The Morgan fingerprint density at radius 1 is 1.14 bits per heavy atom. The molecule has 0 spiro atoms. The number of amides is 2. The molecule has 154 valence electrons. The molecule has 7 heteroatoms. The molecule has 1 aromatic rings. The Morgan fingerprint density at radius 2 is 1.93 bits per heavy atom. The van der Waals surface area contributed by atoms with Crippen molar-refractivity contribution in [2.24, 2.45) is 5.92 Å². The number of hydrogen-bond donors (Lipinski definition) is 3. The lowest BCUT2D eigenvalue weighted by Crippen LogP contribution is -2.44. The minimum absolute atomic E-state index is 0.0361. The molecule has 1 atom stereocenters. The maximum absolute atomic E-state index is 12.4. The van der Waals surface area contributed by atoms with Crippen LogP contribution in [-0.2, 0) is 20.9 Å². The number of benzene rings is 1. The molecule has 2 aliphatic rings. The molecule has 0 aromatic heterocycles. The number of alkyl carbamates (subject to hydrolysis) is 1. The highest BCUT2D eigenvalue weighted by Gasteiger charge is 2.27. The highest BCUT2D eigenvalue weighted by atomic mass is 16.5. The molecule has 2 amide bonds. The molecule has 1 aliphatic heterocycles. The zero-order chi connectivity index (χ0) is 19.6. The van der Waals surface area contributed by atoms with Gasteiger partial charge in [-0.3, -0.25) is 4.79 Å². The first-order valence-electron chi connectivity index (χ1n) is 10.3. The second-order valence-electron chi connectivity index (χ2n) is 7.56. The van der Waals surface area contributed by atoms with E-state index in [2.05, 4.69) is 16.0 Å². The SMILES string of the molecule is O=C(NC1CCC(C(=O)NCCC2COCCN2)CC1)OCc1ccccc1. The summed E-state index contributed by atoms with van der Waals surface area (Å²) in [5.41, 5.74) is 0.966. The van der Waals surface area contributed by atoms with E-state index < -0.39 is 0 Å². The number of rotatable bonds is 7. The lowest BCUT2D eigenvalue weighted by molar-refractivity contribution is -0.126. The monoisotopic (exact) mass is 389 g/mol. The minimum Gasteiger partial charge on any atom is -0.445 e. The van der Waals surface area contributed by atoms with E-state index in [4.69, 9.17) is 9.47 Å². The van der Waals surface area contributed by atoms with Crippen LogP contribution in [0, 0.1) is 5.92 Å². The van der Waals surface area contributed by atoms with E-state index >= 15 is 0 Å². The van der Waals surface area contributed by atoms with Gasteiger partial charge in [0.2, 0.25) is 5.91 Å². The van der Waals surface area contributed by atoms with Gasteiger partial charge in [-0.15, -0.1) is 0 Å². The van der Waals surface area contributed by atoms with Crippen LogP contribution in [-0.4, -0.2) is 50.4 Å². The number of ether oxygens (including phenoxy) is 2. The van der Waals surface area contributed by atoms with Gasteiger partial charge >= 0.3 is 6.09 Å². The van der Waals surface area contributed by atoms with Gasteiger partial charge in [0.15, 0.2) is 0 Å². The first kappa shape index (κ1) is 20.6. The summed E-state index contributed by atoms with van der Waals surface area (Å²) in [5.74, 6) is 0.163. The van der Waals surface area contributed by atoms with Crippen LogP contribution in [0.2, 0.25) is 0 Å². The molecule has 1 aliphatic carbocycles. The van der Waals surface area contributed by atoms with Crippen LogP contribution in [0.25, 0.3) is 0 Å². The van der Waals surface area contributed by atoms with Gasteiger partial charge in [0.25, 0.3) is 0 Å². The van der Waals surface area contributed by atoms with Crippen molar-refractivity contribution in [1.29, 1.82) is 0 Å². The van der Waals surface area contributed by atoms with Gasteiger partial charge < -0.3 is 25.4 Å². The largest absolute Gasteiger partial charge is 0.445 e. The van der Waals surface area contributed by atoms with E-state index in [1.165, 1.54) is 0 Å². The molecule has 1 unspecified atom stereocenters. The molecule has 0 bridgehead atoms. The average molecular weight is 389 g/mol. The molecule has 7 nitrogen and oxygen atoms in total. The van der Waals surface area contributed by atoms with Gasteiger partial charge in [0.05, 0.1) is 13.2 Å². The zero-order valence-corrected chi connectivity index (χ0v) is 16.3. The third-order valence-electron chi connectivity index (χ3n) is 5.42. The van der Waals surface area contributed by atoms with Crippen LogP contribution in [0.1, 0.15) is 37.7 Å². The molecule has 28 heavy (non-hydrogen) atoms. The average Bonchev–Trinajstić information content (AvgIpc) is 2.74.